The van der Waals surface area contributed by atoms with Crippen LogP contribution in [-0.2, 0) is 9.47 Å². The highest BCUT2D eigenvalue weighted by Gasteiger charge is 2.85. The van der Waals surface area contributed by atoms with Gasteiger partial charge in [-0.25, -0.2) is 0 Å². The summed E-state index contributed by atoms with van der Waals surface area (Å²) in [4.78, 5) is 0. The standard InChI is InChI=1S/C12H22O13/c1-4(2)6(25-12(21,22)23)5(3)24-7-8(13,14)10(17,18)11(19,20)9(7,15)16/h4,7,13-23H,1-3H3. The predicted octanol–water partition coefficient (Wildman–Crippen LogP) is -5.40. The molecule has 0 heterocycles. The molecule has 0 saturated heterocycles. The molecule has 1 rings (SSSR count). The van der Waals surface area contributed by atoms with E-state index in [0.29, 0.717) is 0 Å². The summed E-state index contributed by atoms with van der Waals surface area (Å²) in [6, 6.07) is 0. The molecule has 0 aliphatic heterocycles. The van der Waals surface area contributed by atoms with Crippen molar-refractivity contribution in [3.05, 3.63) is 11.5 Å². The number of hydrogen-bond acceptors (Lipinski definition) is 13. The van der Waals surface area contributed by atoms with E-state index in [9.17, 15) is 40.9 Å². The molecule has 1 fully saturated rings. The van der Waals surface area contributed by atoms with Crippen molar-refractivity contribution in [3.8, 4) is 0 Å². The molecule has 0 aromatic rings. The molecule has 0 radical (unpaired) electrons. The van der Waals surface area contributed by atoms with Crippen LogP contribution in [0, 0.1) is 5.92 Å². The Hall–Kier alpha value is -1.10. The van der Waals surface area contributed by atoms with Gasteiger partial charge in [-0.1, -0.05) is 13.8 Å². The lowest BCUT2D eigenvalue weighted by molar-refractivity contribution is -0.452. The van der Waals surface area contributed by atoms with Crippen LogP contribution >= 0.6 is 0 Å². The third kappa shape index (κ3) is 3.32. The van der Waals surface area contributed by atoms with Crippen molar-refractivity contribution in [2.45, 2.75) is 56.2 Å². The van der Waals surface area contributed by atoms with Gasteiger partial charge in [0.1, 0.15) is 11.5 Å². The molecule has 0 bridgehead atoms. The van der Waals surface area contributed by atoms with E-state index in [2.05, 4.69) is 4.74 Å². The van der Waals surface area contributed by atoms with E-state index in [0.717, 1.165) is 6.92 Å². The first-order valence-corrected chi connectivity index (χ1v) is 6.83. The molecule has 13 nitrogen and oxygen atoms in total. The van der Waals surface area contributed by atoms with Crippen molar-refractivity contribution in [2.75, 3.05) is 0 Å². The maximum Gasteiger partial charge on any atom is 0.452 e. The molecule has 148 valence electrons. The Labute approximate surface area is 140 Å². The highest BCUT2D eigenvalue weighted by atomic mass is 16.9. The Kier molecular flexibility index (Phi) is 5.24. The lowest BCUT2D eigenvalue weighted by Gasteiger charge is -2.34. The first-order valence-electron chi connectivity index (χ1n) is 6.83. The number of hydrogen-bond donors (Lipinski definition) is 11. The average molecular weight is 374 g/mol. The second kappa shape index (κ2) is 5.97. The summed E-state index contributed by atoms with van der Waals surface area (Å²) in [5.74, 6) is -18.5. The lowest BCUT2D eigenvalue weighted by atomic mass is 10.1. The van der Waals surface area contributed by atoms with E-state index in [-0.39, 0.29) is 0 Å². The van der Waals surface area contributed by atoms with Gasteiger partial charge in [-0.15, -0.1) is 0 Å². The van der Waals surface area contributed by atoms with Gasteiger partial charge in [0.25, 0.3) is 23.1 Å². The third-order valence-electron chi connectivity index (χ3n) is 3.66. The van der Waals surface area contributed by atoms with Gasteiger partial charge < -0.3 is 65.6 Å². The van der Waals surface area contributed by atoms with E-state index < -0.39 is 52.8 Å². The highest BCUT2D eigenvalue weighted by Crippen LogP contribution is 2.49. The fourth-order valence-electron chi connectivity index (χ4n) is 2.30. The second-order valence-corrected chi connectivity index (χ2v) is 6.05. The maximum atomic E-state index is 9.73. The zero-order valence-electron chi connectivity index (χ0n) is 13.4. The lowest BCUT2D eigenvalue weighted by Crippen LogP contribution is -2.66. The van der Waals surface area contributed by atoms with Crippen molar-refractivity contribution in [1.82, 2.24) is 0 Å². The van der Waals surface area contributed by atoms with E-state index in [1.54, 1.807) is 0 Å². The van der Waals surface area contributed by atoms with Crippen LogP contribution in [0.1, 0.15) is 20.8 Å². The van der Waals surface area contributed by atoms with Gasteiger partial charge in [0, 0.05) is 5.92 Å². The molecule has 0 atom stereocenters. The topological polar surface area (TPSA) is 241 Å². The predicted molar refractivity (Wildman–Crippen MR) is 71.6 cm³/mol. The van der Waals surface area contributed by atoms with Gasteiger partial charge in [0.05, 0.1) is 0 Å². The van der Waals surface area contributed by atoms with Gasteiger partial charge in [0.2, 0.25) is 6.10 Å². The van der Waals surface area contributed by atoms with Crippen molar-refractivity contribution < 1.29 is 65.6 Å². The molecule has 0 spiro atoms. The van der Waals surface area contributed by atoms with E-state index >= 15 is 0 Å². The minimum atomic E-state index is -4.28. The minimum Gasteiger partial charge on any atom is -0.480 e. The maximum absolute atomic E-state index is 9.73. The van der Waals surface area contributed by atoms with E-state index in [1.165, 1.54) is 13.8 Å². The molecule has 25 heavy (non-hydrogen) atoms. The Morgan fingerprint density at radius 3 is 1.48 bits per heavy atom. The zero-order chi connectivity index (χ0) is 20.2. The largest absolute Gasteiger partial charge is 0.480 e. The van der Waals surface area contributed by atoms with Crippen LogP contribution in [0.2, 0.25) is 0 Å². The summed E-state index contributed by atoms with van der Waals surface area (Å²) in [6.07, 6.45) is -6.56. The number of rotatable bonds is 5. The number of ether oxygens (including phenoxy) is 2. The number of allylic oxidation sites excluding steroid dienone is 2. The minimum absolute atomic E-state index is 0.547. The smallest absolute Gasteiger partial charge is 0.452 e. The summed E-state index contributed by atoms with van der Waals surface area (Å²) >= 11 is 0. The summed E-state index contributed by atoms with van der Waals surface area (Å²) in [6.45, 7) is 3.76. The summed E-state index contributed by atoms with van der Waals surface area (Å²) in [5, 5.41) is 103. The molecule has 13 heteroatoms. The molecule has 0 amide bonds. The molecule has 11 N–H and O–H groups in total. The van der Waals surface area contributed by atoms with Crippen LogP contribution in [0.3, 0.4) is 0 Å². The third-order valence-corrected chi connectivity index (χ3v) is 3.66. The number of aliphatic hydroxyl groups is 11. The molecular weight excluding hydrogens is 352 g/mol. The Morgan fingerprint density at radius 2 is 1.20 bits per heavy atom. The molecule has 0 unspecified atom stereocenters. The van der Waals surface area contributed by atoms with Gasteiger partial charge in [-0.3, -0.25) is 0 Å². The fraction of sp³-hybridized carbons (Fsp3) is 0.833. The van der Waals surface area contributed by atoms with Crippen molar-refractivity contribution in [3.63, 3.8) is 0 Å². The van der Waals surface area contributed by atoms with Gasteiger partial charge >= 0.3 is 6.16 Å². The zero-order valence-corrected chi connectivity index (χ0v) is 13.4. The van der Waals surface area contributed by atoms with Gasteiger partial charge in [0.15, 0.2) is 0 Å². The summed E-state index contributed by atoms with van der Waals surface area (Å²) in [5.41, 5.74) is 0. The Balaban J connectivity index is 3.38. The summed E-state index contributed by atoms with van der Waals surface area (Å²) in [7, 11) is 0. The van der Waals surface area contributed by atoms with Crippen molar-refractivity contribution in [2.24, 2.45) is 5.92 Å². The van der Waals surface area contributed by atoms with Crippen molar-refractivity contribution >= 4 is 0 Å². The molecule has 0 aromatic carbocycles. The van der Waals surface area contributed by atoms with E-state index in [4.69, 9.17) is 20.1 Å². The molecule has 1 aliphatic carbocycles. The van der Waals surface area contributed by atoms with Crippen LogP contribution in [0.5, 0.6) is 0 Å². The van der Waals surface area contributed by atoms with Crippen LogP contribution in [-0.4, -0.2) is 91.6 Å². The fourth-order valence-corrected chi connectivity index (χ4v) is 2.30. The molecule has 1 saturated carbocycles. The quantitative estimate of drug-likeness (QED) is 0.159. The normalized spacial score (nSPS) is 25.7. The first kappa shape index (κ1) is 21.9. The van der Waals surface area contributed by atoms with Crippen LogP contribution in [0.25, 0.3) is 0 Å². The van der Waals surface area contributed by atoms with E-state index in [1.807, 2.05) is 0 Å². The molecule has 0 aromatic heterocycles. The van der Waals surface area contributed by atoms with Gasteiger partial charge in [-0.05, 0) is 6.92 Å². The van der Waals surface area contributed by atoms with Crippen LogP contribution in [0.4, 0.5) is 0 Å². The Morgan fingerprint density at radius 1 is 0.840 bits per heavy atom. The monoisotopic (exact) mass is 374 g/mol. The molecular formula is C12H22O13. The van der Waals surface area contributed by atoms with Crippen molar-refractivity contribution in [1.29, 1.82) is 0 Å². The van der Waals surface area contributed by atoms with Gasteiger partial charge in [-0.2, -0.15) is 0 Å². The Bertz CT molecular complexity index is 514. The van der Waals surface area contributed by atoms with Crippen LogP contribution in [0.15, 0.2) is 11.5 Å². The highest BCUT2D eigenvalue weighted by molar-refractivity contribution is 5.18. The summed E-state index contributed by atoms with van der Waals surface area (Å²) < 4.78 is 9.12. The average Bonchev–Trinajstić information content (AvgIpc) is 2.44. The first-order chi connectivity index (χ1) is 10.8. The SMILES string of the molecule is CC(OC1C(O)(O)C(O)(O)C(O)(O)C1(O)O)=C(OC(O)(O)O)C(C)C. The second-order valence-electron chi connectivity index (χ2n) is 6.05. The van der Waals surface area contributed by atoms with Crippen LogP contribution < -0.4 is 0 Å². The molecule has 1 aliphatic rings.